The van der Waals surface area contributed by atoms with Crippen LogP contribution in [0.25, 0.3) is 6.08 Å². The summed E-state index contributed by atoms with van der Waals surface area (Å²) in [6.45, 7) is 0. The highest BCUT2D eigenvalue weighted by molar-refractivity contribution is 7.94. The minimum atomic E-state index is -3.53. The van der Waals surface area contributed by atoms with E-state index in [-0.39, 0.29) is 4.90 Å². The van der Waals surface area contributed by atoms with Crippen molar-refractivity contribution in [3.8, 4) is 5.75 Å². The smallest absolute Gasteiger partial charge is 0.200 e. The monoisotopic (exact) mass is 309 g/mol. The average Bonchev–Trinajstić information content (AvgIpc) is 2.47. The zero-order valence-electron chi connectivity index (χ0n) is 10.7. The first-order valence-corrected chi connectivity index (χ1v) is 7.62. The third-order valence-electron chi connectivity index (χ3n) is 2.54. The minimum Gasteiger partial charge on any atom is -0.497 e. The second-order valence-electron chi connectivity index (χ2n) is 3.93. The summed E-state index contributed by atoms with van der Waals surface area (Å²) in [6.07, 6.45) is 2.88. The molecule has 0 aliphatic carbocycles. The summed E-state index contributed by atoms with van der Waals surface area (Å²) in [6, 6.07) is 9.57. The Morgan fingerprint density at radius 3 is 2.70 bits per heavy atom. The number of aromatic nitrogens is 1. The van der Waals surface area contributed by atoms with Gasteiger partial charge in [0.2, 0.25) is 0 Å². The van der Waals surface area contributed by atoms with Crippen LogP contribution < -0.4 is 4.74 Å². The molecular weight excluding hydrogens is 298 g/mol. The third-order valence-corrected chi connectivity index (χ3v) is 4.17. The lowest BCUT2D eigenvalue weighted by atomic mass is 10.3. The molecule has 4 nitrogen and oxygen atoms in total. The number of ether oxygens (including phenoxy) is 1. The second kappa shape index (κ2) is 6.07. The largest absolute Gasteiger partial charge is 0.497 e. The number of hydrogen-bond acceptors (Lipinski definition) is 4. The van der Waals surface area contributed by atoms with E-state index in [0.717, 1.165) is 5.41 Å². The SMILES string of the molecule is COc1cccc(S(=O)(=O)/C=C/c2ccc(Cl)cn2)c1. The van der Waals surface area contributed by atoms with Crippen molar-refractivity contribution in [2.45, 2.75) is 4.90 Å². The van der Waals surface area contributed by atoms with E-state index < -0.39 is 9.84 Å². The Hall–Kier alpha value is -1.85. The molecule has 2 aromatic rings. The first kappa shape index (κ1) is 14.6. The van der Waals surface area contributed by atoms with Crippen LogP contribution in [0.15, 0.2) is 52.9 Å². The second-order valence-corrected chi connectivity index (χ2v) is 6.20. The van der Waals surface area contributed by atoms with Gasteiger partial charge in [-0.15, -0.1) is 0 Å². The molecule has 0 N–H and O–H groups in total. The highest BCUT2D eigenvalue weighted by atomic mass is 35.5. The molecule has 0 bridgehead atoms. The number of nitrogens with zero attached hydrogens (tertiary/aromatic N) is 1. The van der Waals surface area contributed by atoms with E-state index in [1.165, 1.54) is 31.5 Å². The number of benzene rings is 1. The van der Waals surface area contributed by atoms with Crippen LogP contribution in [-0.4, -0.2) is 20.5 Å². The van der Waals surface area contributed by atoms with Gasteiger partial charge in [-0.1, -0.05) is 17.7 Å². The van der Waals surface area contributed by atoms with Crippen molar-refractivity contribution in [3.05, 3.63) is 58.7 Å². The van der Waals surface area contributed by atoms with Crippen LogP contribution in [0.1, 0.15) is 5.69 Å². The van der Waals surface area contributed by atoms with Gasteiger partial charge in [-0.3, -0.25) is 4.98 Å². The highest BCUT2D eigenvalue weighted by Gasteiger charge is 2.11. The van der Waals surface area contributed by atoms with E-state index in [1.54, 1.807) is 24.3 Å². The van der Waals surface area contributed by atoms with Crippen molar-refractivity contribution in [1.82, 2.24) is 4.98 Å². The first-order valence-electron chi connectivity index (χ1n) is 5.70. The molecule has 1 aromatic heterocycles. The van der Waals surface area contributed by atoms with Gasteiger partial charge in [-0.05, 0) is 36.4 Å². The highest BCUT2D eigenvalue weighted by Crippen LogP contribution is 2.19. The third kappa shape index (κ3) is 3.59. The Balaban J connectivity index is 2.28. The Labute approximate surface area is 122 Å². The van der Waals surface area contributed by atoms with Crippen LogP contribution in [0.5, 0.6) is 5.75 Å². The quantitative estimate of drug-likeness (QED) is 0.870. The maximum absolute atomic E-state index is 12.1. The van der Waals surface area contributed by atoms with Crippen LogP contribution in [0.2, 0.25) is 5.02 Å². The molecule has 0 saturated heterocycles. The number of methoxy groups -OCH3 is 1. The molecule has 2 rings (SSSR count). The van der Waals surface area contributed by atoms with Crippen molar-refractivity contribution in [2.24, 2.45) is 0 Å². The molecule has 0 aliphatic heterocycles. The van der Waals surface area contributed by atoms with Gasteiger partial charge in [0, 0.05) is 11.6 Å². The van der Waals surface area contributed by atoms with Gasteiger partial charge in [0.15, 0.2) is 9.84 Å². The Morgan fingerprint density at radius 2 is 2.05 bits per heavy atom. The molecule has 0 atom stereocenters. The predicted molar refractivity (Wildman–Crippen MR) is 78.5 cm³/mol. The molecule has 0 amide bonds. The maximum Gasteiger partial charge on any atom is 0.200 e. The Kier molecular flexibility index (Phi) is 4.42. The van der Waals surface area contributed by atoms with Crippen molar-refractivity contribution < 1.29 is 13.2 Å². The van der Waals surface area contributed by atoms with E-state index in [0.29, 0.717) is 16.5 Å². The fourth-order valence-corrected chi connectivity index (χ4v) is 2.64. The van der Waals surface area contributed by atoms with Crippen LogP contribution in [-0.2, 0) is 9.84 Å². The van der Waals surface area contributed by atoms with Crippen molar-refractivity contribution in [3.63, 3.8) is 0 Å². The van der Waals surface area contributed by atoms with Gasteiger partial charge in [-0.25, -0.2) is 8.42 Å². The summed E-state index contributed by atoms with van der Waals surface area (Å²) in [7, 11) is -2.05. The molecule has 0 saturated carbocycles. The van der Waals surface area contributed by atoms with Crippen LogP contribution in [0, 0.1) is 0 Å². The van der Waals surface area contributed by atoms with E-state index in [4.69, 9.17) is 16.3 Å². The molecule has 6 heteroatoms. The first-order chi connectivity index (χ1) is 9.51. The number of halogens is 1. The van der Waals surface area contributed by atoms with Gasteiger partial charge in [-0.2, -0.15) is 0 Å². The van der Waals surface area contributed by atoms with Crippen molar-refractivity contribution in [1.29, 1.82) is 0 Å². The van der Waals surface area contributed by atoms with E-state index in [9.17, 15) is 8.42 Å². The molecule has 20 heavy (non-hydrogen) atoms. The molecule has 1 heterocycles. The number of rotatable bonds is 4. The summed E-state index contributed by atoms with van der Waals surface area (Å²) >= 11 is 5.71. The van der Waals surface area contributed by atoms with E-state index >= 15 is 0 Å². The number of pyridine rings is 1. The average molecular weight is 310 g/mol. The molecule has 0 spiro atoms. The summed E-state index contributed by atoms with van der Waals surface area (Å²) < 4.78 is 29.3. The summed E-state index contributed by atoms with van der Waals surface area (Å²) in [5, 5.41) is 1.61. The van der Waals surface area contributed by atoms with E-state index in [1.807, 2.05) is 0 Å². The normalized spacial score (nSPS) is 11.7. The number of hydrogen-bond donors (Lipinski definition) is 0. The molecular formula is C14H12ClNO3S. The summed E-state index contributed by atoms with van der Waals surface area (Å²) in [5.41, 5.74) is 0.515. The topological polar surface area (TPSA) is 56.3 Å². The fraction of sp³-hybridized carbons (Fsp3) is 0.0714. The summed E-state index contributed by atoms with van der Waals surface area (Å²) in [5.74, 6) is 0.490. The fourth-order valence-electron chi connectivity index (χ4n) is 1.50. The van der Waals surface area contributed by atoms with Crippen molar-refractivity contribution in [2.75, 3.05) is 7.11 Å². The lowest BCUT2D eigenvalue weighted by Crippen LogP contribution is -1.97. The van der Waals surface area contributed by atoms with Gasteiger partial charge >= 0.3 is 0 Å². The maximum atomic E-state index is 12.1. The summed E-state index contributed by atoms with van der Waals surface area (Å²) in [4.78, 5) is 4.17. The lowest BCUT2D eigenvalue weighted by molar-refractivity contribution is 0.413. The van der Waals surface area contributed by atoms with Crippen LogP contribution in [0.4, 0.5) is 0 Å². The standard InChI is InChI=1S/C14H12ClNO3S/c1-19-13-3-2-4-14(9-13)20(17,18)8-7-12-6-5-11(15)10-16-12/h2-10H,1H3/b8-7+. The van der Waals surface area contributed by atoms with Crippen LogP contribution >= 0.6 is 11.6 Å². The number of sulfone groups is 1. The van der Waals surface area contributed by atoms with Crippen molar-refractivity contribution >= 4 is 27.5 Å². The molecule has 0 radical (unpaired) electrons. The zero-order chi connectivity index (χ0) is 14.6. The van der Waals surface area contributed by atoms with Gasteiger partial charge < -0.3 is 4.74 Å². The Morgan fingerprint density at radius 1 is 1.25 bits per heavy atom. The lowest BCUT2D eigenvalue weighted by Gasteiger charge is -2.02. The molecule has 0 fully saturated rings. The molecule has 104 valence electrons. The van der Waals surface area contributed by atoms with Gasteiger partial charge in [0.05, 0.1) is 22.7 Å². The zero-order valence-corrected chi connectivity index (χ0v) is 12.2. The molecule has 1 aromatic carbocycles. The minimum absolute atomic E-state index is 0.169. The predicted octanol–water partition coefficient (Wildman–Crippen LogP) is 3.19. The van der Waals surface area contributed by atoms with E-state index in [2.05, 4.69) is 4.98 Å². The molecule has 0 aliphatic rings. The molecule has 0 unspecified atom stereocenters. The van der Waals surface area contributed by atoms with Crippen LogP contribution in [0.3, 0.4) is 0 Å². The van der Waals surface area contributed by atoms with Gasteiger partial charge in [0.1, 0.15) is 5.75 Å². The Bertz CT molecular complexity index is 724. The van der Waals surface area contributed by atoms with Gasteiger partial charge in [0.25, 0.3) is 0 Å².